The lowest BCUT2D eigenvalue weighted by Crippen LogP contribution is -2.40. The zero-order chi connectivity index (χ0) is 28.5. The van der Waals surface area contributed by atoms with Crippen molar-refractivity contribution in [2.45, 2.75) is 83.2 Å². The number of hydrogen-bond donors (Lipinski definition) is 2. The lowest BCUT2D eigenvalue weighted by Gasteiger charge is -2.30. The number of carboxylic acid groups (broad SMARTS) is 1. The number of nitrogens with one attached hydrogen (secondary N) is 1. The summed E-state index contributed by atoms with van der Waals surface area (Å²) in [7, 11) is 1.75. The fourth-order valence-electron chi connectivity index (χ4n) is 4.16. The van der Waals surface area contributed by atoms with E-state index in [1.54, 1.807) is 18.0 Å². The highest BCUT2D eigenvalue weighted by atomic mass is 32.1. The van der Waals surface area contributed by atoms with Crippen molar-refractivity contribution in [1.82, 2.24) is 25.2 Å². The molecule has 1 aliphatic carbocycles. The molecule has 1 fully saturated rings. The van der Waals surface area contributed by atoms with E-state index >= 15 is 0 Å². The molecule has 2 heterocycles. The molecule has 0 aliphatic heterocycles. The van der Waals surface area contributed by atoms with Crippen LogP contribution in [0.1, 0.15) is 79.8 Å². The zero-order valence-electron chi connectivity index (χ0n) is 22.2. The van der Waals surface area contributed by atoms with Gasteiger partial charge >= 0.3 is 11.9 Å². The summed E-state index contributed by atoms with van der Waals surface area (Å²) >= 11 is 1.13. The smallest absolute Gasteiger partial charge is 0.338 e. The summed E-state index contributed by atoms with van der Waals surface area (Å²) in [5, 5.41) is 13.5. The molecule has 2 amide bonds. The molecular formula is C26H34FN5O6S. The van der Waals surface area contributed by atoms with Gasteiger partial charge in [-0.1, -0.05) is 6.92 Å². The van der Waals surface area contributed by atoms with E-state index in [-0.39, 0.29) is 24.1 Å². The Balaban J connectivity index is 1.72. The topological polar surface area (TPSA) is 152 Å². The lowest BCUT2D eigenvalue weighted by atomic mass is 10.0. The molecule has 2 N–H and O–H groups in total. The van der Waals surface area contributed by atoms with E-state index in [0.717, 1.165) is 24.2 Å². The number of carbonyl (C=O) groups excluding carboxylic acids is 3. The highest BCUT2D eigenvalue weighted by molar-refractivity contribution is 7.09. The molecule has 1 saturated carbocycles. The summed E-state index contributed by atoms with van der Waals surface area (Å²) in [6, 6.07) is 0.498. The maximum Gasteiger partial charge on any atom is 0.338 e. The molecule has 0 saturated heterocycles. The molecule has 212 valence electrons. The van der Waals surface area contributed by atoms with Crippen LogP contribution in [-0.4, -0.2) is 74.0 Å². The van der Waals surface area contributed by atoms with Crippen molar-refractivity contribution in [3.05, 3.63) is 40.4 Å². The van der Waals surface area contributed by atoms with Gasteiger partial charge in [-0.25, -0.2) is 24.1 Å². The predicted octanol–water partition coefficient (Wildman–Crippen LogP) is 3.12. The van der Waals surface area contributed by atoms with E-state index in [0.29, 0.717) is 36.0 Å². The maximum atomic E-state index is 14.0. The van der Waals surface area contributed by atoms with Crippen LogP contribution >= 0.6 is 11.3 Å². The van der Waals surface area contributed by atoms with Gasteiger partial charge in [-0.3, -0.25) is 14.4 Å². The molecule has 11 nitrogen and oxygen atoms in total. The molecule has 3 rings (SSSR count). The molecule has 0 radical (unpaired) electrons. The maximum absolute atomic E-state index is 14.0. The summed E-state index contributed by atoms with van der Waals surface area (Å²) in [6.07, 6.45) is 3.16. The first-order valence-electron chi connectivity index (χ1n) is 12.9. The zero-order valence-corrected chi connectivity index (χ0v) is 23.0. The molecule has 1 aliphatic rings. The standard InChI is InChI=1S/C26H34FN5O6S/c1-4-18(32(3)23(34)10-16-6-7-16)13-21(38-15(2)33)25-31-20(14-39-25)24(35)30-17(11-19(27)26(36)37)12-22-28-8-5-9-29-22/h5,8-9,14,16-19,21H,4,6-7,10-13H2,1-3H3,(H,30,35)(H,36,37)/t17-,18+,19+,21-/m1/s1. The third-order valence-corrected chi connectivity index (χ3v) is 7.48. The Morgan fingerprint density at radius 3 is 2.51 bits per heavy atom. The Kier molecular flexibility index (Phi) is 10.8. The second kappa shape index (κ2) is 14.1. The van der Waals surface area contributed by atoms with Gasteiger partial charge < -0.3 is 20.1 Å². The van der Waals surface area contributed by atoms with Gasteiger partial charge in [0, 0.05) is 69.5 Å². The largest absolute Gasteiger partial charge is 0.479 e. The Bertz CT molecular complexity index is 1140. The van der Waals surface area contributed by atoms with Gasteiger partial charge in [0.25, 0.3) is 5.91 Å². The summed E-state index contributed by atoms with van der Waals surface area (Å²) in [6.45, 7) is 3.23. The molecule has 0 spiro atoms. The van der Waals surface area contributed by atoms with Crippen molar-refractivity contribution in [1.29, 1.82) is 0 Å². The van der Waals surface area contributed by atoms with Gasteiger partial charge in [0.05, 0.1) is 0 Å². The van der Waals surface area contributed by atoms with Crippen LogP contribution in [0.15, 0.2) is 23.8 Å². The molecule has 39 heavy (non-hydrogen) atoms. The minimum absolute atomic E-state index is 0.0167. The quantitative estimate of drug-likeness (QED) is 0.311. The van der Waals surface area contributed by atoms with Crippen LogP contribution in [0.2, 0.25) is 0 Å². The molecule has 13 heteroatoms. The van der Waals surface area contributed by atoms with Gasteiger partial charge in [0.1, 0.15) is 16.5 Å². The Hall–Kier alpha value is -3.48. The van der Waals surface area contributed by atoms with E-state index in [2.05, 4.69) is 20.3 Å². The van der Waals surface area contributed by atoms with Crippen LogP contribution in [0.3, 0.4) is 0 Å². The number of halogens is 1. The molecule has 0 aromatic carbocycles. The number of carbonyl (C=O) groups is 4. The molecule has 2 aromatic heterocycles. The average molecular weight is 564 g/mol. The van der Waals surface area contributed by atoms with Crippen LogP contribution < -0.4 is 5.32 Å². The van der Waals surface area contributed by atoms with Gasteiger partial charge in [0.2, 0.25) is 5.91 Å². The number of thiazole rings is 1. The monoisotopic (exact) mass is 563 g/mol. The highest BCUT2D eigenvalue weighted by Crippen LogP contribution is 2.34. The lowest BCUT2D eigenvalue weighted by molar-refractivity contribution is -0.148. The summed E-state index contributed by atoms with van der Waals surface area (Å²) < 4.78 is 19.6. The average Bonchev–Trinajstić information content (AvgIpc) is 3.56. The van der Waals surface area contributed by atoms with Crippen LogP contribution in [0, 0.1) is 5.92 Å². The van der Waals surface area contributed by atoms with E-state index in [4.69, 9.17) is 9.84 Å². The number of hydrogen-bond acceptors (Lipinski definition) is 9. The SMILES string of the molecule is CC[C@@H](C[C@@H](OC(C)=O)c1nc(C(=O)N[C@@H](Cc2ncccn2)C[C@H](F)C(=O)O)cs1)N(C)C(=O)CC1CC1. The van der Waals surface area contributed by atoms with Crippen molar-refractivity contribution in [3.8, 4) is 0 Å². The third-order valence-electron chi connectivity index (χ3n) is 6.54. The Morgan fingerprint density at radius 2 is 1.92 bits per heavy atom. The fourth-order valence-corrected chi connectivity index (χ4v) is 5.00. The van der Waals surface area contributed by atoms with Crippen molar-refractivity contribution < 1.29 is 33.4 Å². The Labute approximate surface area is 230 Å². The molecule has 4 atom stereocenters. The van der Waals surface area contributed by atoms with E-state index in [1.165, 1.54) is 24.7 Å². The van der Waals surface area contributed by atoms with Gasteiger partial charge in [-0.15, -0.1) is 11.3 Å². The van der Waals surface area contributed by atoms with Crippen molar-refractivity contribution >= 4 is 35.1 Å². The van der Waals surface area contributed by atoms with Gasteiger partial charge in [-0.05, 0) is 31.2 Å². The third kappa shape index (κ3) is 9.34. The summed E-state index contributed by atoms with van der Waals surface area (Å²) in [4.78, 5) is 62.8. The van der Waals surface area contributed by atoms with Crippen molar-refractivity contribution in [2.75, 3.05) is 7.05 Å². The number of nitrogens with zero attached hydrogens (tertiary/aromatic N) is 4. The van der Waals surface area contributed by atoms with E-state index in [9.17, 15) is 23.6 Å². The van der Waals surface area contributed by atoms with Crippen molar-refractivity contribution in [2.24, 2.45) is 5.92 Å². The highest BCUT2D eigenvalue weighted by Gasteiger charge is 2.31. The number of carboxylic acids is 1. The first-order chi connectivity index (χ1) is 18.6. The molecule has 2 aromatic rings. The number of aromatic nitrogens is 3. The normalized spacial score (nSPS) is 16.0. The van der Waals surface area contributed by atoms with Gasteiger partial charge in [-0.2, -0.15) is 0 Å². The number of ether oxygens (including phenoxy) is 1. The number of amides is 2. The number of alkyl halides is 1. The Morgan fingerprint density at radius 1 is 1.23 bits per heavy atom. The van der Waals surface area contributed by atoms with Crippen LogP contribution in [0.5, 0.6) is 0 Å². The first-order valence-corrected chi connectivity index (χ1v) is 13.8. The first kappa shape index (κ1) is 30.1. The number of rotatable bonds is 15. The number of aliphatic carboxylic acids is 1. The predicted molar refractivity (Wildman–Crippen MR) is 140 cm³/mol. The molecule has 0 unspecified atom stereocenters. The number of esters is 1. The molecule has 0 bridgehead atoms. The fraction of sp³-hybridized carbons (Fsp3) is 0.577. The minimum atomic E-state index is -2.19. The van der Waals surface area contributed by atoms with Crippen LogP contribution in [0.4, 0.5) is 4.39 Å². The van der Waals surface area contributed by atoms with Crippen LogP contribution in [-0.2, 0) is 25.5 Å². The summed E-state index contributed by atoms with van der Waals surface area (Å²) in [5.41, 5.74) is 0.0167. The van der Waals surface area contributed by atoms with Crippen molar-refractivity contribution in [3.63, 3.8) is 0 Å². The molecular weight excluding hydrogens is 529 g/mol. The minimum Gasteiger partial charge on any atom is -0.479 e. The summed E-state index contributed by atoms with van der Waals surface area (Å²) in [5.74, 6) is -1.97. The van der Waals surface area contributed by atoms with Crippen LogP contribution in [0.25, 0.3) is 0 Å². The van der Waals surface area contributed by atoms with E-state index in [1.807, 2.05) is 6.92 Å². The van der Waals surface area contributed by atoms with E-state index < -0.39 is 42.6 Å². The second-order valence-electron chi connectivity index (χ2n) is 9.70. The van der Waals surface area contributed by atoms with Gasteiger partial charge in [0.15, 0.2) is 12.3 Å². The second-order valence-corrected chi connectivity index (χ2v) is 10.6.